The highest BCUT2D eigenvalue weighted by atomic mass is 16.1. The molecule has 0 aromatic heterocycles. The van der Waals surface area contributed by atoms with Gasteiger partial charge in [-0.3, -0.25) is 4.79 Å². The van der Waals surface area contributed by atoms with Gasteiger partial charge in [-0.15, -0.1) is 0 Å². The van der Waals surface area contributed by atoms with Crippen molar-refractivity contribution in [3.63, 3.8) is 0 Å². The Bertz CT molecular complexity index is 358. The topological polar surface area (TPSA) is 17.1 Å². The summed E-state index contributed by atoms with van der Waals surface area (Å²) in [5, 5.41) is 0. The van der Waals surface area contributed by atoms with Crippen molar-refractivity contribution in [3.8, 4) is 0 Å². The van der Waals surface area contributed by atoms with Gasteiger partial charge in [-0.05, 0) is 17.2 Å². The Morgan fingerprint density at radius 3 is 2.57 bits per heavy atom. The van der Waals surface area contributed by atoms with Gasteiger partial charge >= 0.3 is 0 Å². The number of hydrogen-bond donors (Lipinski definition) is 0. The van der Waals surface area contributed by atoms with Gasteiger partial charge in [-0.1, -0.05) is 55.1 Å². The van der Waals surface area contributed by atoms with Gasteiger partial charge in [-0.25, -0.2) is 0 Å². The Hall–Kier alpha value is -1.89. The van der Waals surface area contributed by atoms with Crippen molar-refractivity contribution in [3.05, 3.63) is 66.8 Å². The lowest BCUT2D eigenvalue weighted by Crippen LogP contribution is -1.75. The second-order valence-corrected chi connectivity index (χ2v) is 2.73. The van der Waals surface area contributed by atoms with Crippen LogP contribution in [0.25, 0.3) is 5.57 Å². The lowest BCUT2D eigenvalue weighted by Gasteiger charge is -1.97. The van der Waals surface area contributed by atoms with Crippen molar-refractivity contribution < 1.29 is 4.79 Å². The third-order valence-corrected chi connectivity index (χ3v) is 1.72. The van der Waals surface area contributed by atoms with E-state index in [2.05, 4.69) is 6.58 Å². The molecule has 1 aromatic rings. The summed E-state index contributed by atoms with van der Waals surface area (Å²) in [6.07, 6.45) is 8.22. The second-order valence-electron chi connectivity index (χ2n) is 2.73. The molecule has 0 unspecified atom stereocenters. The molecule has 1 nitrogen and oxygen atoms in total. The van der Waals surface area contributed by atoms with E-state index in [1.165, 1.54) is 6.08 Å². The van der Waals surface area contributed by atoms with Crippen LogP contribution >= 0.6 is 0 Å². The Kier molecular flexibility index (Phi) is 4.15. The molecule has 0 amide bonds. The number of benzene rings is 1. The molecule has 1 radical (unpaired) electrons. The zero-order valence-electron chi connectivity index (χ0n) is 7.81. The Morgan fingerprint density at radius 2 is 1.93 bits per heavy atom. The molecular weight excluding hydrogens is 172 g/mol. The highest BCUT2D eigenvalue weighted by Crippen LogP contribution is 2.12. The van der Waals surface area contributed by atoms with Crippen LogP contribution in [0.15, 0.2) is 61.2 Å². The molecular formula is C13H11O. The molecule has 0 heterocycles. The summed E-state index contributed by atoms with van der Waals surface area (Å²) in [6.45, 7) is 3.90. The predicted octanol–water partition coefficient (Wildman–Crippen LogP) is 2.92. The normalized spacial score (nSPS) is 10.9. The Labute approximate surface area is 84.1 Å². The molecule has 0 saturated carbocycles. The van der Waals surface area contributed by atoms with E-state index in [4.69, 9.17) is 0 Å². The van der Waals surface area contributed by atoms with Crippen molar-refractivity contribution in [2.45, 2.75) is 0 Å². The first-order chi connectivity index (χ1) is 6.84. The van der Waals surface area contributed by atoms with E-state index in [9.17, 15) is 4.79 Å². The maximum absolute atomic E-state index is 9.85. The molecule has 1 rings (SSSR count). The van der Waals surface area contributed by atoms with Crippen LogP contribution in [-0.4, -0.2) is 6.29 Å². The van der Waals surface area contributed by atoms with Crippen molar-refractivity contribution in [1.29, 1.82) is 0 Å². The van der Waals surface area contributed by atoms with Crippen molar-refractivity contribution in [2.75, 3.05) is 0 Å². The quantitative estimate of drug-likeness (QED) is 0.518. The lowest BCUT2D eigenvalue weighted by atomic mass is 10.1. The minimum atomic E-state index is 0.918. The maximum Gasteiger partial charge on any atom is 0.225 e. The zero-order valence-corrected chi connectivity index (χ0v) is 7.81. The average Bonchev–Trinajstić information content (AvgIpc) is 2.25. The van der Waals surface area contributed by atoms with Gasteiger partial charge in [0.15, 0.2) is 0 Å². The summed E-state index contributed by atoms with van der Waals surface area (Å²) in [4.78, 5) is 9.85. The van der Waals surface area contributed by atoms with E-state index in [1.54, 1.807) is 18.4 Å². The van der Waals surface area contributed by atoms with E-state index in [0.717, 1.165) is 11.1 Å². The van der Waals surface area contributed by atoms with Crippen LogP contribution in [-0.2, 0) is 4.79 Å². The van der Waals surface area contributed by atoms with E-state index < -0.39 is 0 Å². The van der Waals surface area contributed by atoms with Gasteiger partial charge in [0.05, 0.1) is 0 Å². The van der Waals surface area contributed by atoms with Crippen LogP contribution in [0.2, 0.25) is 0 Å². The standard InChI is InChI=1S/C13H11O/c1-12(8-4-3-7-11-14)13-9-5-2-6-10-13/h2-10H,1H2. The van der Waals surface area contributed by atoms with Crippen LogP contribution in [0.4, 0.5) is 0 Å². The molecule has 69 valence electrons. The fraction of sp³-hybridized carbons (Fsp3) is 0. The maximum atomic E-state index is 9.85. The van der Waals surface area contributed by atoms with Crippen LogP contribution < -0.4 is 0 Å². The number of rotatable bonds is 4. The first-order valence-corrected chi connectivity index (χ1v) is 4.30. The lowest BCUT2D eigenvalue weighted by molar-refractivity contribution is 0.564. The van der Waals surface area contributed by atoms with E-state index in [1.807, 2.05) is 36.4 Å². The van der Waals surface area contributed by atoms with E-state index >= 15 is 0 Å². The average molecular weight is 183 g/mol. The first-order valence-electron chi connectivity index (χ1n) is 4.30. The summed E-state index contributed by atoms with van der Waals surface area (Å²) >= 11 is 0. The van der Waals surface area contributed by atoms with Crippen LogP contribution in [0, 0.1) is 0 Å². The summed E-state index contributed by atoms with van der Waals surface area (Å²) in [5.41, 5.74) is 1.99. The molecule has 0 aliphatic carbocycles. The SMILES string of the molecule is C=C(C=CC=C[C]=O)c1ccccc1. The highest BCUT2D eigenvalue weighted by Gasteiger charge is 1.90. The van der Waals surface area contributed by atoms with Crippen LogP contribution in [0.5, 0.6) is 0 Å². The van der Waals surface area contributed by atoms with Crippen molar-refractivity contribution in [2.24, 2.45) is 0 Å². The fourth-order valence-electron chi connectivity index (χ4n) is 1.02. The van der Waals surface area contributed by atoms with Crippen LogP contribution in [0.1, 0.15) is 5.56 Å². The van der Waals surface area contributed by atoms with E-state index in [-0.39, 0.29) is 0 Å². The predicted molar refractivity (Wildman–Crippen MR) is 59.4 cm³/mol. The minimum absolute atomic E-state index is 0.918. The number of carbonyl (C=O) groups excluding carboxylic acids is 1. The molecule has 14 heavy (non-hydrogen) atoms. The molecule has 0 N–H and O–H groups in total. The van der Waals surface area contributed by atoms with E-state index in [0.29, 0.717) is 0 Å². The second kappa shape index (κ2) is 5.70. The molecule has 0 aliphatic rings. The molecule has 0 atom stereocenters. The summed E-state index contributed by atoms with van der Waals surface area (Å²) < 4.78 is 0. The Morgan fingerprint density at radius 1 is 1.21 bits per heavy atom. The third kappa shape index (κ3) is 3.23. The number of hydrogen-bond acceptors (Lipinski definition) is 1. The molecule has 0 saturated heterocycles. The van der Waals surface area contributed by atoms with Gasteiger partial charge < -0.3 is 0 Å². The molecule has 0 aliphatic heterocycles. The highest BCUT2D eigenvalue weighted by molar-refractivity contribution is 5.72. The number of allylic oxidation sites excluding steroid dienone is 5. The smallest absolute Gasteiger partial charge is 0.225 e. The first kappa shape index (κ1) is 10.2. The van der Waals surface area contributed by atoms with Gasteiger partial charge in [0.2, 0.25) is 6.29 Å². The minimum Gasteiger partial charge on any atom is -0.286 e. The summed E-state index contributed by atoms with van der Waals surface area (Å²) in [6, 6.07) is 9.86. The molecule has 1 heteroatoms. The largest absolute Gasteiger partial charge is 0.286 e. The molecule has 1 aromatic carbocycles. The van der Waals surface area contributed by atoms with Crippen molar-refractivity contribution in [1.82, 2.24) is 0 Å². The molecule has 0 bridgehead atoms. The monoisotopic (exact) mass is 183 g/mol. The van der Waals surface area contributed by atoms with Gasteiger partial charge in [0.25, 0.3) is 0 Å². The molecule has 0 fully saturated rings. The summed E-state index contributed by atoms with van der Waals surface area (Å²) in [7, 11) is 0. The van der Waals surface area contributed by atoms with Gasteiger partial charge in [0.1, 0.15) is 0 Å². The van der Waals surface area contributed by atoms with Crippen LogP contribution in [0.3, 0.4) is 0 Å². The zero-order chi connectivity index (χ0) is 10.2. The molecule has 0 spiro atoms. The van der Waals surface area contributed by atoms with Gasteiger partial charge in [-0.2, -0.15) is 0 Å². The van der Waals surface area contributed by atoms with Crippen molar-refractivity contribution >= 4 is 11.9 Å². The fourth-order valence-corrected chi connectivity index (χ4v) is 1.02. The van der Waals surface area contributed by atoms with Gasteiger partial charge in [0, 0.05) is 0 Å². The Balaban J connectivity index is 2.64. The summed E-state index contributed by atoms with van der Waals surface area (Å²) in [5.74, 6) is 0. The third-order valence-electron chi connectivity index (χ3n) is 1.72.